The zero-order valence-electron chi connectivity index (χ0n) is 10.4. The van der Waals surface area contributed by atoms with Crippen molar-refractivity contribution in [2.75, 3.05) is 33.2 Å². The average Bonchev–Trinajstić information content (AvgIpc) is 3.02. The molecule has 1 aromatic rings. The topological polar surface area (TPSA) is 45.4 Å². The first-order valence-electron chi connectivity index (χ1n) is 6.52. The molecule has 5 nitrogen and oxygen atoms in total. The number of hydrogen-bond donors (Lipinski definition) is 0. The van der Waals surface area contributed by atoms with Crippen molar-refractivity contribution in [3.8, 4) is 0 Å². The summed E-state index contributed by atoms with van der Waals surface area (Å²) in [5.41, 5.74) is 0. The van der Waals surface area contributed by atoms with E-state index in [1.807, 2.05) is 0 Å². The van der Waals surface area contributed by atoms with E-state index in [2.05, 4.69) is 27.0 Å². The van der Waals surface area contributed by atoms with Crippen molar-refractivity contribution in [1.29, 1.82) is 0 Å². The summed E-state index contributed by atoms with van der Waals surface area (Å²) in [5, 5.41) is 4.07. The zero-order chi connectivity index (χ0) is 11.7. The van der Waals surface area contributed by atoms with Gasteiger partial charge in [-0.05, 0) is 25.8 Å². The number of aromatic nitrogens is 2. The number of piperazine rings is 1. The SMILES string of the molecule is CN1CCN(Cc2noc(CC3CC3)n2)CC1. The van der Waals surface area contributed by atoms with Crippen LogP contribution in [0.3, 0.4) is 0 Å². The molecule has 0 aromatic carbocycles. The maximum absolute atomic E-state index is 5.28. The summed E-state index contributed by atoms with van der Waals surface area (Å²) >= 11 is 0. The van der Waals surface area contributed by atoms with Crippen molar-refractivity contribution in [3.05, 3.63) is 11.7 Å². The molecular formula is C12H20N4O. The smallest absolute Gasteiger partial charge is 0.226 e. The molecule has 0 unspecified atom stereocenters. The molecule has 0 amide bonds. The monoisotopic (exact) mass is 236 g/mol. The normalized spacial score (nSPS) is 23.1. The van der Waals surface area contributed by atoms with Crippen LogP contribution in [-0.2, 0) is 13.0 Å². The molecule has 5 heteroatoms. The minimum atomic E-state index is 0.812. The summed E-state index contributed by atoms with van der Waals surface area (Å²) in [6.45, 7) is 5.30. The fourth-order valence-electron chi connectivity index (χ4n) is 2.21. The molecule has 1 aliphatic heterocycles. The predicted octanol–water partition coefficient (Wildman–Crippen LogP) is 0.769. The Labute approximate surface area is 102 Å². The van der Waals surface area contributed by atoms with Gasteiger partial charge in [0.2, 0.25) is 5.89 Å². The van der Waals surface area contributed by atoms with Gasteiger partial charge in [0, 0.05) is 32.6 Å². The van der Waals surface area contributed by atoms with Crippen molar-refractivity contribution in [2.24, 2.45) is 5.92 Å². The molecule has 17 heavy (non-hydrogen) atoms. The van der Waals surface area contributed by atoms with Crippen LogP contribution in [0.1, 0.15) is 24.6 Å². The van der Waals surface area contributed by atoms with Crippen LogP contribution < -0.4 is 0 Å². The van der Waals surface area contributed by atoms with Crippen LogP contribution in [-0.4, -0.2) is 53.2 Å². The summed E-state index contributed by atoms with van der Waals surface area (Å²) in [6.07, 6.45) is 3.64. The lowest BCUT2D eigenvalue weighted by Gasteiger charge is -2.31. The molecule has 1 saturated heterocycles. The number of rotatable bonds is 4. The average molecular weight is 236 g/mol. The van der Waals surface area contributed by atoms with E-state index < -0.39 is 0 Å². The molecule has 2 heterocycles. The molecule has 94 valence electrons. The van der Waals surface area contributed by atoms with E-state index in [-0.39, 0.29) is 0 Å². The zero-order valence-corrected chi connectivity index (χ0v) is 10.4. The van der Waals surface area contributed by atoms with Gasteiger partial charge in [-0.3, -0.25) is 4.90 Å². The second kappa shape index (κ2) is 4.74. The highest BCUT2D eigenvalue weighted by Gasteiger charge is 2.24. The van der Waals surface area contributed by atoms with Crippen LogP contribution in [0.2, 0.25) is 0 Å². The summed E-state index contributed by atoms with van der Waals surface area (Å²) < 4.78 is 5.28. The lowest BCUT2D eigenvalue weighted by atomic mass is 10.3. The van der Waals surface area contributed by atoms with E-state index in [9.17, 15) is 0 Å². The van der Waals surface area contributed by atoms with Crippen LogP contribution in [0.4, 0.5) is 0 Å². The molecule has 2 aliphatic rings. The standard InChI is InChI=1S/C12H20N4O/c1-15-4-6-16(7-5-15)9-11-13-12(17-14-11)8-10-2-3-10/h10H,2-9H2,1H3. The van der Waals surface area contributed by atoms with E-state index in [1.54, 1.807) is 0 Å². The van der Waals surface area contributed by atoms with E-state index in [0.717, 1.165) is 56.8 Å². The van der Waals surface area contributed by atoms with E-state index in [4.69, 9.17) is 4.52 Å². The third kappa shape index (κ3) is 3.04. The highest BCUT2D eigenvalue weighted by molar-refractivity contribution is 4.91. The van der Waals surface area contributed by atoms with Crippen molar-refractivity contribution < 1.29 is 4.52 Å². The molecule has 1 saturated carbocycles. The Bertz CT molecular complexity index is 366. The first kappa shape index (κ1) is 11.2. The summed E-state index contributed by atoms with van der Waals surface area (Å²) in [4.78, 5) is 9.22. The Hall–Kier alpha value is -0.940. The molecule has 0 spiro atoms. The minimum Gasteiger partial charge on any atom is -0.339 e. The summed E-state index contributed by atoms with van der Waals surface area (Å²) in [6, 6.07) is 0. The van der Waals surface area contributed by atoms with Crippen LogP contribution in [0.15, 0.2) is 4.52 Å². The Morgan fingerprint density at radius 3 is 2.71 bits per heavy atom. The maximum Gasteiger partial charge on any atom is 0.226 e. The number of nitrogens with zero attached hydrogens (tertiary/aromatic N) is 4. The van der Waals surface area contributed by atoms with Crippen molar-refractivity contribution in [2.45, 2.75) is 25.8 Å². The highest BCUT2D eigenvalue weighted by atomic mass is 16.5. The van der Waals surface area contributed by atoms with Crippen molar-refractivity contribution in [3.63, 3.8) is 0 Å². The van der Waals surface area contributed by atoms with Gasteiger partial charge in [-0.25, -0.2) is 0 Å². The van der Waals surface area contributed by atoms with Crippen molar-refractivity contribution in [1.82, 2.24) is 19.9 Å². The summed E-state index contributed by atoms with van der Waals surface area (Å²) in [5.74, 6) is 2.49. The van der Waals surface area contributed by atoms with Gasteiger partial charge in [0.25, 0.3) is 0 Å². The third-order valence-corrected chi connectivity index (χ3v) is 3.63. The molecule has 0 N–H and O–H groups in total. The number of likely N-dealkylation sites (N-methyl/N-ethyl adjacent to an activating group) is 1. The quantitative estimate of drug-likeness (QED) is 0.772. The van der Waals surface area contributed by atoms with Crippen LogP contribution in [0, 0.1) is 5.92 Å². The van der Waals surface area contributed by atoms with E-state index in [0.29, 0.717) is 0 Å². The van der Waals surface area contributed by atoms with Crippen LogP contribution in [0.5, 0.6) is 0 Å². The molecule has 3 rings (SSSR count). The Morgan fingerprint density at radius 2 is 2.00 bits per heavy atom. The van der Waals surface area contributed by atoms with Crippen LogP contribution in [0.25, 0.3) is 0 Å². The Balaban J connectivity index is 1.51. The Kier molecular flexibility index (Phi) is 3.11. The van der Waals surface area contributed by atoms with Gasteiger partial charge in [0.05, 0.1) is 6.54 Å². The van der Waals surface area contributed by atoms with Gasteiger partial charge in [-0.15, -0.1) is 0 Å². The second-order valence-electron chi connectivity index (χ2n) is 5.33. The molecule has 0 bridgehead atoms. The van der Waals surface area contributed by atoms with E-state index in [1.165, 1.54) is 12.8 Å². The fraction of sp³-hybridized carbons (Fsp3) is 0.833. The lowest BCUT2D eigenvalue weighted by Crippen LogP contribution is -2.44. The molecular weight excluding hydrogens is 216 g/mol. The van der Waals surface area contributed by atoms with Crippen LogP contribution >= 0.6 is 0 Å². The molecule has 1 aromatic heterocycles. The van der Waals surface area contributed by atoms with Gasteiger partial charge in [0.1, 0.15) is 0 Å². The molecule has 2 fully saturated rings. The Morgan fingerprint density at radius 1 is 1.24 bits per heavy atom. The van der Waals surface area contributed by atoms with Crippen molar-refractivity contribution >= 4 is 0 Å². The lowest BCUT2D eigenvalue weighted by molar-refractivity contribution is 0.144. The first-order chi connectivity index (χ1) is 8.29. The van der Waals surface area contributed by atoms with Gasteiger partial charge in [0.15, 0.2) is 5.82 Å². The maximum atomic E-state index is 5.28. The first-order valence-corrected chi connectivity index (χ1v) is 6.52. The second-order valence-corrected chi connectivity index (χ2v) is 5.33. The third-order valence-electron chi connectivity index (χ3n) is 3.63. The minimum absolute atomic E-state index is 0.812. The molecule has 0 radical (unpaired) electrons. The molecule has 0 atom stereocenters. The largest absolute Gasteiger partial charge is 0.339 e. The van der Waals surface area contributed by atoms with Gasteiger partial charge in [-0.2, -0.15) is 4.98 Å². The van der Waals surface area contributed by atoms with Gasteiger partial charge < -0.3 is 9.42 Å². The van der Waals surface area contributed by atoms with E-state index >= 15 is 0 Å². The summed E-state index contributed by atoms with van der Waals surface area (Å²) in [7, 11) is 2.17. The van der Waals surface area contributed by atoms with Gasteiger partial charge >= 0.3 is 0 Å². The molecule has 1 aliphatic carbocycles. The van der Waals surface area contributed by atoms with Gasteiger partial charge in [-0.1, -0.05) is 5.16 Å². The highest BCUT2D eigenvalue weighted by Crippen LogP contribution is 2.32. The number of hydrogen-bond acceptors (Lipinski definition) is 5. The fourth-order valence-corrected chi connectivity index (χ4v) is 2.21. The predicted molar refractivity (Wildman–Crippen MR) is 63.5 cm³/mol.